The van der Waals surface area contributed by atoms with Crippen molar-refractivity contribution in [1.29, 1.82) is 0 Å². The van der Waals surface area contributed by atoms with Gasteiger partial charge < -0.3 is 10.6 Å². The molecule has 3 nitrogen and oxygen atoms in total. The fourth-order valence-corrected chi connectivity index (χ4v) is 3.04. The Bertz CT molecular complexity index is 359. The van der Waals surface area contributed by atoms with E-state index in [-0.39, 0.29) is 24.4 Å². The number of nitrogens with two attached hydrogens (primary N) is 1. The van der Waals surface area contributed by atoms with E-state index in [1.165, 1.54) is 0 Å². The van der Waals surface area contributed by atoms with Gasteiger partial charge in [-0.05, 0) is 37.1 Å². The fourth-order valence-electron chi connectivity index (χ4n) is 2.35. The third kappa shape index (κ3) is 3.97. The molecule has 102 valence electrons. The van der Waals surface area contributed by atoms with Crippen molar-refractivity contribution in [2.75, 3.05) is 13.1 Å². The second-order valence-corrected chi connectivity index (χ2v) is 5.87. The van der Waals surface area contributed by atoms with Crippen molar-refractivity contribution < 1.29 is 4.79 Å². The number of carbonyl (C=O) groups excluding carboxylic acids is 1. The predicted octanol–water partition coefficient (Wildman–Crippen LogP) is 2.30. The van der Waals surface area contributed by atoms with E-state index in [1.54, 1.807) is 11.3 Å². The van der Waals surface area contributed by atoms with E-state index in [9.17, 15) is 4.79 Å². The Morgan fingerprint density at radius 3 is 2.72 bits per heavy atom. The number of rotatable bonds is 3. The van der Waals surface area contributed by atoms with Gasteiger partial charge in [-0.3, -0.25) is 4.79 Å². The number of piperidine rings is 1. The van der Waals surface area contributed by atoms with E-state index in [4.69, 9.17) is 5.73 Å². The summed E-state index contributed by atoms with van der Waals surface area (Å²) in [6, 6.07) is 4.27. The molecule has 0 aromatic carbocycles. The van der Waals surface area contributed by atoms with Crippen molar-refractivity contribution in [2.24, 2.45) is 11.7 Å². The summed E-state index contributed by atoms with van der Waals surface area (Å²) in [4.78, 5) is 15.2. The number of carbonyl (C=O) groups is 1. The van der Waals surface area contributed by atoms with Crippen LogP contribution in [0.3, 0.4) is 0 Å². The number of amides is 1. The lowest BCUT2D eigenvalue weighted by molar-refractivity contribution is -0.131. The molecule has 1 aromatic heterocycles. The highest BCUT2D eigenvalue weighted by molar-refractivity contribution is 7.10. The van der Waals surface area contributed by atoms with Crippen LogP contribution in [-0.2, 0) is 11.2 Å². The maximum atomic E-state index is 12.0. The summed E-state index contributed by atoms with van der Waals surface area (Å²) in [5, 5.41) is 2.02. The van der Waals surface area contributed by atoms with Crippen molar-refractivity contribution in [2.45, 2.75) is 32.2 Å². The highest BCUT2D eigenvalue weighted by Crippen LogP contribution is 2.20. The van der Waals surface area contributed by atoms with E-state index in [0.717, 1.165) is 30.8 Å². The van der Waals surface area contributed by atoms with E-state index >= 15 is 0 Å². The molecule has 5 heteroatoms. The third-order valence-electron chi connectivity index (χ3n) is 3.54. The van der Waals surface area contributed by atoms with Crippen molar-refractivity contribution in [1.82, 2.24) is 4.90 Å². The van der Waals surface area contributed by atoms with Crippen LogP contribution in [0.25, 0.3) is 0 Å². The Kier molecular flexibility index (Phi) is 6.12. The van der Waals surface area contributed by atoms with E-state index in [1.807, 2.05) is 22.4 Å². The zero-order valence-electron chi connectivity index (χ0n) is 10.7. The highest BCUT2D eigenvalue weighted by atomic mass is 35.5. The lowest BCUT2D eigenvalue weighted by Gasteiger charge is -2.33. The van der Waals surface area contributed by atoms with Gasteiger partial charge in [-0.1, -0.05) is 6.07 Å². The number of hydrogen-bond donors (Lipinski definition) is 1. The van der Waals surface area contributed by atoms with Crippen LogP contribution in [0.2, 0.25) is 0 Å². The zero-order valence-corrected chi connectivity index (χ0v) is 12.3. The van der Waals surface area contributed by atoms with Crippen LogP contribution in [0.4, 0.5) is 0 Å². The first kappa shape index (κ1) is 15.5. The van der Waals surface area contributed by atoms with Gasteiger partial charge in [-0.2, -0.15) is 0 Å². The average Bonchev–Trinajstić information content (AvgIpc) is 2.82. The Balaban J connectivity index is 0.00000162. The minimum Gasteiger partial charge on any atom is -0.342 e. The molecular weight excluding hydrogens is 268 g/mol. The van der Waals surface area contributed by atoms with Gasteiger partial charge in [0.05, 0.1) is 6.42 Å². The van der Waals surface area contributed by atoms with Gasteiger partial charge in [0, 0.05) is 24.0 Å². The minimum absolute atomic E-state index is 0. The van der Waals surface area contributed by atoms with Gasteiger partial charge in [-0.15, -0.1) is 23.7 Å². The second-order valence-electron chi connectivity index (χ2n) is 4.83. The third-order valence-corrected chi connectivity index (χ3v) is 4.42. The Hall–Kier alpha value is -0.580. The number of thiophene rings is 1. The van der Waals surface area contributed by atoms with Crippen LogP contribution in [0.5, 0.6) is 0 Å². The topological polar surface area (TPSA) is 46.3 Å². The molecule has 1 aromatic rings. The molecule has 1 unspecified atom stereocenters. The molecule has 1 aliphatic rings. The van der Waals surface area contributed by atoms with Crippen LogP contribution < -0.4 is 5.73 Å². The van der Waals surface area contributed by atoms with Crippen molar-refractivity contribution in [3.63, 3.8) is 0 Å². The van der Waals surface area contributed by atoms with Crippen LogP contribution in [0, 0.1) is 5.92 Å². The van der Waals surface area contributed by atoms with Gasteiger partial charge >= 0.3 is 0 Å². The smallest absolute Gasteiger partial charge is 0.227 e. The number of likely N-dealkylation sites (tertiary alicyclic amines) is 1. The first-order valence-electron chi connectivity index (χ1n) is 6.22. The number of hydrogen-bond acceptors (Lipinski definition) is 3. The van der Waals surface area contributed by atoms with Gasteiger partial charge in [0.1, 0.15) is 0 Å². The van der Waals surface area contributed by atoms with E-state index in [2.05, 4.69) is 6.92 Å². The van der Waals surface area contributed by atoms with Crippen molar-refractivity contribution in [3.05, 3.63) is 22.4 Å². The molecule has 2 rings (SSSR count). The maximum Gasteiger partial charge on any atom is 0.227 e. The molecule has 0 aliphatic carbocycles. The Morgan fingerprint density at radius 2 is 2.22 bits per heavy atom. The summed E-state index contributed by atoms with van der Waals surface area (Å²) in [5.74, 6) is 0.844. The summed E-state index contributed by atoms with van der Waals surface area (Å²) in [7, 11) is 0. The van der Waals surface area contributed by atoms with Crippen molar-refractivity contribution in [3.8, 4) is 0 Å². The van der Waals surface area contributed by atoms with Gasteiger partial charge in [0.15, 0.2) is 0 Å². The van der Waals surface area contributed by atoms with E-state index < -0.39 is 0 Å². The fraction of sp³-hybridized carbons (Fsp3) is 0.615. The molecule has 2 heterocycles. The first-order valence-corrected chi connectivity index (χ1v) is 7.10. The normalized spacial score (nSPS) is 18.2. The molecule has 1 amide bonds. The standard InChI is InChI=1S/C13H20N2OS.ClH/c1-10(14)11-4-6-15(7-5-11)13(16)9-12-3-2-8-17-12;/h2-3,8,10-11H,4-7,9,14H2,1H3;1H. The van der Waals surface area contributed by atoms with Crippen LogP contribution in [0.1, 0.15) is 24.6 Å². The largest absolute Gasteiger partial charge is 0.342 e. The summed E-state index contributed by atoms with van der Waals surface area (Å²) >= 11 is 1.65. The first-order chi connectivity index (χ1) is 8.16. The number of halogens is 1. The molecule has 2 N–H and O–H groups in total. The Labute approximate surface area is 119 Å². The lowest BCUT2D eigenvalue weighted by Crippen LogP contribution is -2.43. The van der Waals surface area contributed by atoms with Gasteiger partial charge in [-0.25, -0.2) is 0 Å². The van der Waals surface area contributed by atoms with Gasteiger partial charge in [0.25, 0.3) is 0 Å². The molecular formula is C13H21ClN2OS. The molecule has 1 aliphatic heterocycles. The van der Waals surface area contributed by atoms with Gasteiger partial charge in [0.2, 0.25) is 5.91 Å². The lowest BCUT2D eigenvalue weighted by atomic mass is 9.91. The maximum absolute atomic E-state index is 12.0. The van der Waals surface area contributed by atoms with Crippen LogP contribution >= 0.6 is 23.7 Å². The average molecular weight is 289 g/mol. The minimum atomic E-state index is 0. The second kappa shape index (κ2) is 7.12. The van der Waals surface area contributed by atoms with E-state index in [0.29, 0.717) is 12.3 Å². The molecule has 0 radical (unpaired) electrons. The van der Waals surface area contributed by atoms with Crippen LogP contribution in [-0.4, -0.2) is 29.9 Å². The summed E-state index contributed by atoms with van der Waals surface area (Å²) in [5.41, 5.74) is 5.90. The van der Waals surface area contributed by atoms with Crippen LogP contribution in [0.15, 0.2) is 17.5 Å². The Morgan fingerprint density at radius 1 is 1.56 bits per heavy atom. The van der Waals surface area contributed by atoms with Crippen molar-refractivity contribution >= 4 is 29.7 Å². The molecule has 18 heavy (non-hydrogen) atoms. The quantitative estimate of drug-likeness (QED) is 0.928. The molecule has 0 saturated carbocycles. The summed E-state index contributed by atoms with van der Waals surface area (Å²) in [6.45, 7) is 3.81. The number of nitrogens with zero attached hydrogens (tertiary/aromatic N) is 1. The highest BCUT2D eigenvalue weighted by Gasteiger charge is 2.24. The summed E-state index contributed by atoms with van der Waals surface area (Å²) in [6.07, 6.45) is 2.65. The molecule has 0 bridgehead atoms. The molecule has 0 spiro atoms. The molecule has 1 fully saturated rings. The monoisotopic (exact) mass is 288 g/mol. The SMILES string of the molecule is CC(N)C1CCN(C(=O)Cc2cccs2)CC1.Cl. The zero-order chi connectivity index (χ0) is 12.3. The molecule has 1 atom stereocenters. The predicted molar refractivity (Wildman–Crippen MR) is 78.2 cm³/mol. The molecule has 1 saturated heterocycles. The summed E-state index contributed by atoms with van der Waals surface area (Å²) < 4.78 is 0.